The molecule has 0 bridgehead atoms. The van der Waals surface area contributed by atoms with E-state index < -0.39 is 70.1 Å². The first-order valence-corrected chi connectivity index (χ1v) is 16.9. The van der Waals surface area contributed by atoms with E-state index in [0.29, 0.717) is 19.3 Å². The average molecular weight is 629 g/mol. The zero-order valence-corrected chi connectivity index (χ0v) is 29.0. The van der Waals surface area contributed by atoms with Gasteiger partial charge in [-0.05, 0) is 86.7 Å². The Bertz CT molecular complexity index is 1280. The van der Waals surface area contributed by atoms with E-state index in [0.717, 1.165) is 19.3 Å². The number of benzene rings is 1. The Hall–Kier alpha value is -2.45. The summed E-state index contributed by atoms with van der Waals surface area (Å²) in [5, 5.41) is 25.3. The lowest BCUT2D eigenvalue weighted by atomic mass is 9.37. The van der Waals surface area contributed by atoms with Gasteiger partial charge >= 0.3 is 17.9 Å². The summed E-state index contributed by atoms with van der Waals surface area (Å²) in [6, 6.07) is 8.45. The molecule has 0 heterocycles. The van der Waals surface area contributed by atoms with Crippen LogP contribution in [0.25, 0.3) is 0 Å². The molecule has 0 aromatic heterocycles. The van der Waals surface area contributed by atoms with Crippen molar-refractivity contribution in [1.82, 2.24) is 0 Å². The number of rotatable bonds is 8. The summed E-state index contributed by atoms with van der Waals surface area (Å²) in [6.45, 7) is 18.1. The van der Waals surface area contributed by atoms with Crippen molar-refractivity contribution in [3.8, 4) is 0 Å². The number of carbonyl (C=O) groups excluding carboxylic acids is 3. The molecule has 45 heavy (non-hydrogen) atoms. The second-order valence-corrected chi connectivity index (χ2v) is 15.3. The van der Waals surface area contributed by atoms with Crippen LogP contribution in [0.4, 0.5) is 0 Å². The molecule has 3 fully saturated rings. The van der Waals surface area contributed by atoms with Crippen molar-refractivity contribution >= 4 is 17.9 Å². The molecule has 1 aromatic rings. The maximum atomic E-state index is 12.9. The third-order valence-electron chi connectivity index (χ3n) is 12.6. The average Bonchev–Trinajstić information content (AvgIpc) is 2.95. The van der Waals surface area contributed by atoms with E-state index in [1.165, 1.54) is 31.9 Å². The molecule has 12 unspecified atom stereocenters. The molecule has 252 valence electrons. The van der Waals surface area contributed by atoms with Crippen LogP contribution < -0.4 is 0 Å². The minimum absolute atomic E-state index is 0.0374. The van der Waals surface area contributed by atoms with Crippen molar-refractivity contribution in [2.75, 3.05) is 0 Å². The van der Waals surface area contributed by atoms with Crippen molar-refractivity contribution in [3.05, 3.63) is 35.4 Å². The van der Waals surface area contributed by atoms with Crippen LogP contribution in [0.3, 0.4) is 0 Å². The number of aliphatic hydroxyl groups excluding tert-OH is 1. The smallest absolute Gasteiger partial charge is 0.303 e. The van der Waals surface area contributed by atoms with E-state index in [-0.39, 0.29) is 17.8 Å². The Morgan fingerprint density at radius 3 is 2.11 bits per heavy atom. The van der Waals surface area contributed by atoms with Gasteiger partial charge in [0.25, 0.3) is 0 Å². The highest BCUT2D eigenvalue weighted by Crippen LogP contribution is 2.70. The van der Waals surface area contributed by atoms with Gasteiger partial charge in [-0.1, -0.05) is 58.9 Å². The van der Waals surface area contributed by atoms with Gasteiger partial charge in [0.1, 0.15) is 12.2 Å². The van der Waals surface area contributed by atoms with Crippen LogP contribution in [-0.2, 0) is 35.0 Å². The van der Waals surface area contributed by atoms with Gasteiger partial charge in [0.15, 0.2) is 6.10 Å². The standard InChI is InChI=1S/C37H56O8/c1-11-27-14-12-13-15-28(27)21(2)20-37(42)22(3)16-18-34(8)29(37)17-19-35(9)31(34)30(44-25(6)39)32(45-26(7)40)36(10,33(35)41)23(4)43-24(5)38/h12-15,21-23,29-33,41-42H,11,16-20H2,1-10H3. The minimum Gasteiger partial charge on any atom is -0.462 e. The fourth-order valence-electron chi connectivity index (χ4n) is 10.4. The first-order chi connectivity index (χ1) is 20.9. The van der Waals surface area contributed by atoms with Crippen LogP contribution in [-0.4, -0.2) is 58.1 Å². The number of esters is 3. The summed E-state index contributed by atoms with van der Waals surface area (Å²) in [7, 11) is 0. The Morgan fingerprint density at radius 1 is 0.933 bits per heavy atom. The van der Waals surface area contributed by atoms with Gasteiger partial charge in [0.2, 0.25) is 0 Å². The molecule has 4 rings (SSSR count). The third kappa shape index (κ3) is 5.83. The molecule has 0 radical (unpaired) electrons. The normalized spacial score (nSPS) is 40.7. The highest BCUT2D eigenvalue weighted by molar-refractivity contribution is 5.68. The highest BCUT2D eigenvalue weighted by Gasteiger charge is 2.74. The maximum absolute atomic E-state index is 12.9. The number of carbonyl (C=O) groups is 3. The summed E-state index contributed by atoms with van der Waals surface area (Å²) >= 11 is 0. The van der Waals surface area contributed by atoms with Crippen molar-refractivity contribution < 1.29 is 38.8 Å². The Labute approximate surface area is 269 Å². The molecule has 2 N–H and O–H groups in total. The van der Waals surface area contributed by atoms with E-state index >= 15 is 0 Å². The SMILES string of the molecule is CCc1ccccc1C(C)CC1(O)C(C)CCC2(C)C3C(OC(C)=O)C(OC(C)=O)C(C)(C(C)OC(C)=O)C(O)C3(C)CCC21. The first-order valence-electron chi connectivity index (χ1n) is 16.9. The quantitative estimate of drug-likeness (QED) is 0.260. The lowest BCUT2D eigenvalue weighted by Gasteiger charge is -2.70. The first kappa shape index (κ1) is 35.4. The van der Waals surface area contributed by atoms with Crippen LogP contribution in [0.5, 0.6) is 0 Å². The second kappa shape index (κ2) is 12.6. The number of aliphatic hydroxyl groups is 2. The monoisotopic (exact) mass is 628 g/mol. The van der Waals surface area contributed by atoms with Crippen molar-refractivity contribution in [2.45, 2.75) is 144 Å². The predicted molar refractivity (Wildman–Crippen MR) is 171 cm³/mol. The molecule has 8 heteroatoms. The lowest BCUT2D eigenvalue weighted by molar-refractivity contribution is -0.315. The molecular formula is C37H56O8. The van der Waals surface area contributed by atoms with Crippen LogP contribution in [0, 0.1) is 34.0 Å². The van der Waals surface area contributed by atoms with Crippen LogP contribution >= 0.6 is 0 Å². The summed E-state index contributed by atoms with van der Waals surface area (Å²) in [6.07, 6.45) is 0.332. The molecule has 3 aliphatic rings. The van der Waals surface area contributed by atoms with Gasteiger partial charge in [-0.25, -0.2) is 0 Å². The third-order valence-corrected chi connectivity index (χ3v) is 12.6. The van der Waals surface area contributed by atoms with Crippen LogP contribution in [0.1, 0.15) is 118 Å². The molecule has 1 aromatic carbocycles. The van der Waals surface area contributed by atoms with Crippen LogP contribution in [0.2, 0.25) is 0 Å². The molecule has 0 spiro atoms. The van der Waals surface area contributed by atoms with Crippen molar-refractivity contribution in [2.24, 2.45) is 34.0 Å². The summed E-state index contributed by atoms with van der Waals surface area (Å²) in [5.74, 6) is -2.06. The maximum Gasteiger partial charge on any atom is 0.303 e. The molecule has 3 aliphatic carbocycles. The van der Waals surface area contributed by atoms with Gasteiger partial charge in [0, 0.05) is 32.1 Å². The fourth-order valence-corrected chi connectivity index (χ4v) is 10.4. The number of aryl methyl sites for hydroxylation is 1. The Balaban J connectivity index is 1.86. The van der Waals surface area contributed by atoms with E-state index in [1.54, 1.807) is 13.8 Å². The number of ether oxygens (including phenoxy) is 3. The lowest BCUT2D eigenvalue weighted by Crippen LogP contribution is -2.76. The summed E-state index contributed by atoms with van der Waals surface area (Å²) < 4.78 is 17.8. The molecule has 8 nitrogen and oxygen atoms in total. The van der Waals surface area contributed by atoms with Gasteiger partial charge < -0.3 is 24.4 Å². The topological polar surface area (TPSA) is 119 Å². The summed E-state index contributed by atoms with van der Waals surface area (Å²) in [5.41, 5.74) is -1.11. The van der Waals surface area contributed by atoms with Gasteiger partial charge in [-0.2, -0.15) is 0 Å². The molecule has 12 atom stereocenters. The Kier molecular flexibility index (Phi) is 9.94. The van der Waals surface area contributed by atoms with Gasteiger partial charge in [0.05, 0.1) is 17.1 Å². The fraction of sp³-hybridized carbons (Fsp3) is 0.757. The van der Waals surface area contributed by atoms with Crippen LogP contribution in [0.15, 0.2) is 24.3 Å². The number of hydrogen-bond acceptors (Lipinski definition) is 8. The summed E-state index contributed by atoms with van der Waals surface area (Å²) in [4.78, 5) is 37.6. The van der Waals surface area contributed by atoms with Crippen molar-refractivity contribution in [1.29, 1.82) is 0 Å². The molecule has 0 aliphatic heterocycles. The van der Waals surface area contributed by atoms with E-state index in [1.807, 2.05) is 6.92 Å². The molecular weight excluding hydrogens is 572 g/mol. The number of fused-ring (bicyclic) bond motifs is 3. The van der Waals surface area contributed by atoms with E-state index in [9.17, 15) is 24.6 Å². The highest BCUT2D eigenvalue weighted by atomic mass is 16.6. The largest absolute Gasteiger partial charge is 0.462 e. The number of hydrogen-bond donors (Lipinski definition) is 2. The zero-order valence-electron chi connectivity index (χ0n) is 29.0. The molecule has 3 saturated carbocycles. The molecule has 0 saturated heterocycles. The van der Waals surface area contributed by atoms with Gasteiger partial charge in [-0.3, -0.25) is 14.4 Å². The van der Waals surface area contributed by atoms with E-state index in [2.05, 4.69) is 52.0 Å². The minimum atomic E-state index is -1.28. The van der Waals surface area contributed by atoms with Gasteiger partial charge in [-0.15, -0.1) is 0 Å². The van der Waals surface area contributed by atoms with E-state index in [4.69, 9.17) is 14.2 Å². The second-order valence-electron chi connectivity index (χ2n) is 15.3. The zero-order chi connectivity index (χ0) is 33.7. The molecule has 0 amide bonds. The van der Waals surface area contributed by atoms with Crippen molar-refractivity contribution in [3.63, 3.8) is 0 Å². The predicted octanol–water partition coefficient (Wildman–Crippen LogP) is 6.14. The Morgan fingerprint density at radius 2 is 1.53 bits per heavy atom.